The van der Waals surface area contributed by atoms with Crippen molar-refractivity contribution in [3.63, 3.8) is 0 Å². The van der Waals surface area contributed by atoms with E-state index >= 15 is 0 Å². The molecule has 0 aliphatic rings. The summed E-state index contributed by atoms with van der Waals surface area (Å²) in [6.07, 6.45) is 0. The van der Waals surface area contributed by atoms with Crippen LogP contribution in [0, 0.1) is 5.92 Å². The highest BCUT2D eigenvalue weighted by Gasteiger charge is 2.26. The molecule has 3 unspecified atom stereocenters. The maximum absolute atomic E-state index is 12.3. The minimum atomic E-state index is -1.25. The van der Waals surface area contributed by atoms with Gasteiger partial charge in [-0.1, -0.05) is 6.92 Å². The lowest BCUT2D eigenvalue weighted by Crippen LogP contribution is -2.28. The Morgan fingerprint density at radius 2 is 1.72 bits per heavy atom. The van der Waals surface area contributed by atoms with Crippen molar-refractivity contribution in [3.05, 3.63) is 24.3 Å². The molecule has 0 radical (unpaired) electrons. The molecule has 1 rings (SSSR count). The highest BCUT2D eigenvalue weighted by atomic mass is 32.2. The summed E-state index contributed by atoms with van der Waals surface area (Å²) in [6.45, 7) is 3.50. The van der Waals surface area contributed by atoms with Gasteiger partial charge in [-0.2, -0.15) is 0 Å². The van der Waals surface area contributed by atoms with Gasteiger partial charge in [0.15, 0.2) is 0 Å². The number of carbonyl (C=O) groups excluding carboxylic acids is 1. The normalized spacial score (nSPS) is 15.6. The van der Waals surface area contributed by atoms with E-state index in [2.05, 4.69) is 4.74 Å². The summed E-state index contributed by atoms with van der Waals surface area (Å²) in [6, 6.07) is 7.00. The molecule has 100 valence electrons. The van der Waals surface area contributed by atoms with Gasteiger partial charge in [0, 0.05) is 10.1 Å². The number of benzene rings is 1. The number of hydrogen-bond donors (Lipinski definition) is 0. The Kier molecular flexibility index (Phi) is 5.34. The van der Waals surface area contributed by atoms with Gasteiger partial charge in [0.05, 0.1) is 30.9 Å². The first kappa shape index (κ1) is 14.7. The molecule has 0 saturated carbocycles. The first-order valence-electron chi connectivity index (χ1n) is 5.63. The number of methoxy groups -OCH3 is 2. The second kappa shape index (κ2) is 6.54. The van der Waals surface area contributed by atoms with E-state index in [1.54, 1.807) is 45.2 Å². The molecule has 18 heavy (non-hydrogen) atoms. The number of ether oxygens (including phenoxy) is 2. The summed E-state index contributed by atoms with van der Waals surface area (Å²) in [7, 11) is 1.67. The maximum atomic E-state index is 12.3. The third kappa shape index (κ3) is 3.32. The lowest BCUT2D eigenvalue weighted by molar-refractivity contribution is -0.144. The minimum Gasteiger partial charge on any atom is -0.497 e. The van der Waals surface area contributed by atoms with Crippen LogP contribution in [0.4, 0.5) is 0 Å². The van der Waals surface area contributed by atoms with E-state index in [4.69, 9.17) is 4.74 Å². The maximum Gasteiger partial charge on any atom is 0.309 e. The van der Waals surface area contributed by atoms with E-state index in [1.807, 2.05) is 0 Å². The number of carbonyl (C=O) groups is 1. The Hall–Kier alpha value is -1.36. The molecule has 0 saturated heterocycles. The molecule has 0 fully saturated rings. The molecule has 3 atom stereocenters. The van der Waals surface area contributed by atoms with Gasteiger partial charge in [-0.3, -0.25) is 9.00 Å². The fourth-order valence-corrected chi connectivity index (χ4v) is 2.80. The zero-order valence-electron chi connectivity index (χ0n) is 11.0. The Labute approximate surface area is 110 Å². The third-order valence-electron chi connectivity index (χ3n) is 2.91. The summed E-state index contributed by atoms with van der Waals surface area (Å²) in [5.41, 5.74) is 0. The van der Waals surface area contributed by atoms with Crippen LogP contribution in [0.1, 0.15) is 13.8 Å². The first-order chi connectivity index (χ1) is 8.51. The Morgan fingerprint density at radius 1 is 1.17 bits per heavy atom. The van der Waals surface area contributed by atoms with E-state index in [0.29, 0.717) is 10.6 Å². The van der Waals surface area contributed by atoms with Crippen LogP contribution in [0.3, 0.4) is 0 Å². The van der Waals surface area contributed by atoms with E-state index in [-0.39, 0.29) is 11.2 Å². The van der Waals surface area contributed by atoms with Gasteiger partial charge in [0.2, 0.25) is 0 Å². The summed E-state index contributed by atoms with van der Waals surface area (Å²) in [5.74, 6) is -0.0354. The predicted molar refractivity (Wildman–Crippen MR) is 70.0 cm³/mol. The van der Waals surface area contributed by atoms with Gasteiger partial charge in [0.25, 0.3) is 0 Å². The van der Waals surface area contributed by atoms with Gasteiger partial charge in [-0.05, 0) is 31.2 Å². The Balaban J connectivity index is 2.82. The van der Waals surface area contributed by atoms with Crippen LogP contribution in [0.15, 0.2) is 29.2 Å². The molecule has 5 heteroatoms. The molecule has 1 aromatic rings. The van der Waals surface area contributed by atoms with E-state index < -0.39 is 16.7 Å². The smallest absolute Gasteiger partial charge is 0.309 e. The van der Waals surface area contributed by atoms with Crippen LogP contribution < -0.4 is 4.74 Å². The van der Waals surface area contributed by atoms with Gasteiger partial charge < -0.3 is 9.47 Å². The fourth-order valence-electron chi connectivity index (χ4n) is 1.49. The van der Waals surface area contributed by atoms with Gasteiger partial charge in [0.1, 0.15) is 5.75 Å². The summed E-state index contributed by atoms with van der Waals surface area (Å²) >= 11 is 0. The molecule has 0 N–H and O–H groups in total. The predicted octanol–water partition coefficient (Wildman–Crippen LogP) is 2.00. The van der Waals surface area contributed by atoms with E-state index in [1.165, 1.54) is 7.11 Å². The van der Waals surface area contributed by atoms with Crippen molar-refractivity contribution in [1.82, 2.24) is 0 Å². The van der Waals surface area contributed by atoms with Crippen molar-refractivity contribution in [2.75, 3.05) is 14.2 Å². The van der Waals surface area contributed by atoms with Crippen molar-refractivity contribution in [3.8, 4) is 5.75 Å². The molecule has 0 amide bonds. The molecule has 0 aliphatic carbocycles. The Morgan fingerprint density at radius 3 is 2.17 bits per heavy atom. The third-order valence-corrected chi connectivity index (χ3v) is 4.73. The van der Waals surface area contributed by atoms with E-state index in [9.17, 15) is 9.00 Å². The van der Waals surface area contributed by atoms with Gasteiger partial charge >= 0.3 is 5.97 Å². The second-order valence-corrected chi connectivity index (χ2v) is 5.80. The number of esters is 1. The summed E-state index contributed by atoms with van der Waals surface area (Å²) < 4.78 is 22.0. The van der Waals surface area contributed by atoms with Crippen molar-refractivity contribution < 1.29 is 18.5 Å². The SMILES string of the molecule is COC(=O)C(C)C(C)S(=O)c1ccc(OC)cc1. The van der Waals surface area contributed by atoms with Crippen LogP contribution in [0.5, 0.6) is 5.75 Å². The van der Waals surface area contributed by atoms with Crippen molar-refractivity contribution in [2.45, 2.75) is 24.0 Å². The highest BCUT2D eigenvalue weighted by Crippen LogP contribution is 2.20. The zero-order valence-corrected chi connectivity index (χ0v) is 11.8. The van der Waals surface area contributed by atoms with Gasteiger partial charge in [-0.25, -0.2) is 0 Å². The Bertz CT molecular complexity index is 427. The molecule has 0 bridgehead atoms. The largest absolute Gasteiger partial charge is 0.497 e. The lowest BCUT2D eigenvalue weighted by atomic mass is 10.1. The topological polar surface area (TPSA) is 52.6 Å². The molecule has 0 aliphatic heterocycles. The molecular weight excluding hydrogens is 252 g/mol. The van der Waals surface area contributed by atoms with Gasteiger partial charge in [-0.15, -0.1) is 0 Å². The average molecular weight is 270 g/mol. The fraction of sp³-hybridized carbons (Fsp3) is 0.462. The molecule has 0 spiro atoms. The van der Waals surface area contributed by atoms with Crippen LogP contribution in [-0.4, -0.2) is 29.6 Å². The van der Waals surface area contributed by atoms with Crippen LogP contribution in [0.25, 0.3) is 0 Å². The number of rotatable bonds is 5. The molecule has 1 aromatic carbocycles. The molecule has 4 nitrogen and oxygen atoms in total. The van der Waals surface area contributed by atoms with Crippen molar-refractivity contribution >= 4 is 16.8 Å². The first-order valence-corrected chi connectivity index (χ1v) is 6.85. The van der Waals surface area contributed by atoms with Crippen molar-refractivity contribution in [2.24, 2.45) is 5.92 Å². The lowest BCUT2D eigenvalue weighted by Gasteiger charge is -2.17. The zero-order chi connectivity index (χ0) is 13.7. The standard InChI is InChI=1S/C13H18O4S/c1-9(13(14)17-4)10(2)18(15)12-7-5-11(16-3)6-8-12/h5-10H,1-4H3. The molecule has 0 heterocycles. The highest BCUT2D eigenvalue weighted by molar-refractivity contribution is 7.85. The van der Waals surface area contributed by atoms with Crippen LogP contribution in [-0.2, 0) is 20.3 Å². The molecular formula is C13H18O4S. The summed E-state index contributed by atoms with van der Waals surface area (Å²) in [4.78, 5) is 12.1. The van der Waals surface area contributed by atoms with Crippen LogP contribution in [0.2, 0.25) is 0 Å². The van der Waals surface area contributed by atoms with Crippen molar-refractivity contribution in [1.29, 1.82) is 0 Å². The average Bonchev–Trinajstić information content (AvgIpc) is 2.44. The monoisotopic (exact) mass is 270 g/mol. The number of hydrogen-bond acceptors (Lipinski definition) is 4. The quantitative estimate of drug-likeness (QED) is 0.768. The van der Waals surface area contributed by atoms with Crippen LogP contribution >= 0.6 is 0 Å². The molecule has 0 aromatic heterocycles. The summed E-state index contributed by atoms with van der Waals surface area (Å²) in [5, 5.41) is -0.300. The van der Waals surface area contributed by atoms with E-state index in [0.717, 1.165) is 0 Å². The minimum absolute atomic E-state index is 0.300. The second-order valence-electron chi connectivity index (χ2n) is 3.99.